The zero-order valence-electron chi connectivity index (χ0n) is 12.5. The lowest BCUT2D eigenvalue weighted by atomic mass is 10.1. The van der Waals surface area contributed by atoms with Crippen molar-refractivity contribution in [1.82, 2.24) is 0 Å². The summed E-state index contributed by atoms with van der Waals surface area (Å²) in [6.45, 7) is 3.79. The molecule has 1 N–H and O–H groups in total. The standard InChI is InChI=1S/C16H16N2O4/c1-10-4-6-13(11(2)8-10)16(19)17-12-5-7-15(22-3)14(9-12)18(20)21/h4-9H,1-3H3,(H,17,19). The van der Waals surface area contributed by atoms with Crippen LogP contribution in [0.25, 0.3) is 0 Å². The first kappa shape index (κ1) is 15.5. The molecule has 0 fully saturated rings. The van der Waals surface area contributed by atoms with Crippen molar-refractivity contribution in [2.45, 2.75) is 13.8 Å². The molecule has 0 radical (unpaired) electrons. The molecule has 2 aromatic carbocycles. The maximum atomic E-state index is 12.3. The van der Waals surface area contributed by atoms with Gasteiger partial charge in [0.05, 0.1) is 12.0 Å². The fourth-order valence-electron chi connectivity index (χ4n) is 2.18. The van der Waals surface area contributed by atoms with E-state index in [4.69, 9.17) is 4.74 Å². The van der Waals surface area contributed by atoms with E-state index in [1.807, 2.05) is 26.0 Å². The summed E-state index contributed by atoms with van der Waals surface area (Å²) in [5.41, 5.74) is 2.59. The number of hydrogen-bond donors (Lipinski definition) is 1. The van der Waals surface area contributed by atoms with Crippen LogP contribution in [0, 0.1) is 24.0 Å². The van der Waals surface area contributed by atoms with Crippen LogP contribution in [-0.4, -0.2) is 17.9 Å². The van der Waals surface area contributed by atoms with Crippen LogP contribution in [0.2, 0.25) is 0 Å². The van der Waals surface area contributed by atoms with Gasteiger partial charge in [0.25, 0.3) is 5.91 Å². The smallest absolute Gasteiger partial charge is 0.312 e. The minimum absolute atomic E-state index is 0.148. The first-order valence-corrected chi connectivity index (χ1v) is 6.63. The highest BCUT2D eigenvalue weighted by molar-refractivity contribution is 6.05. The Morgan fingerprint density at radius 3 is 2.50 bits per heavy atom. The molecular formula is C16H16N2O4. The zero-order chi connectivity index (χ0) is 16.3. The Kier molecular flexibility index (Phi) is 4.41. The predicted octanol–water partition coefficient (Wildman–Crippen LogP) is 3.47. The lowest BCUT2D eigenvalue weighted by Gasteiger charge is -2.09. The van der Waals surface area contributed by atoms with Crippen molar-refractivity contribution in [2.75, 3.05) is 12.4 Å². The lowest BCUT2D eigenvalue weighted by molar-refractivity contribution is -0.385. The quantitative estimate of drug-likeness (QED) is 0.692. The van der Waals surface area contributed by atoms with Crippen LogP contribution in [0.5, 0.6) is 5.75 Å². The number of nitrogens with zero attached hydrogens (tertiary/aromatic N) is 1. The van der Waals surface area contributed by atoms with Crippen LogP contribution in [0.4, 0.5) is 11.4 Å². The van der Waals surface area contributed by atoms with E-state index in [9.17, 15) is 14.9 Å². The fourth-order valence-corrected chi connectivity index (χ4v) is 2.18. The molecule has 0 aliphatic heterocycles. The Bertz CT molecular complexity index is 741. The van der Waals surface area contributed by atoms with E-state index in [-0.39, 0.29) is 17.3 Å². The molecule has 0 spiro atoms. The van der Waals surface area contributed by atoms with Crippen LogP contribution in [0.15, 0.2) is 36.4 Å². The van der Waals surface area contributed by atoms with Crippen molar-refractivity contribution < 1.29 is 14.5 Å². The SMILES string of the molecule is COc1ccc(NC(=O)c2ccc(C)cc2C)cc1[N+](=O)[O-]. The number of carbonyl (C=O) groups is 1. The molecule has 0 saturated carbocycles. The van der Waals surface area contributed by atoms with E-state index in [2.05, 4.69) is 5.32 Å². The van der Waals surface area contributed by atoms with E-state index in [0.29, 0.717) is 11.3 Å². The molecule has 22 heavy (non-hydrogen) atoms. The highest BCUT2D eigenvalue weighted by atomic mass is 16.6. The summed E-state index contributed by atoms with van der Waals surface area (Å²) in [6, 6.07) is 9.78. The van der Waals surface area contributed by atoms with Gasteiger partial charge < -0.3 is 10.1 Å². The third kappa shape index (κ3) is 3.22. The second kappa shape index (κ2) is 6.26. The van der Waals surface area contributed by atoms with Gasteiger partial charge in [-0.25, -0.2) is 0 Å². The molecule has 2 rings (SSSR count). The average molecular weight is 300 g/mol. The van der Waals surface area contributed by atoms with Gasteiger partial charge in [-0.2, -0.15) is 0 Å². The molecule has 0 aliphatic rings. The molecule has 114 valence electrons. The van der Waals surface area contributed by atoms with Gasteiger partial charge in [-0.05, 0) is 37.6 Å². The fraction of sp³-hybridized carbons (Fsp3) is 0.188. The summed E-state index contributed by atoms with van der Waals surface area (Å²) < 4.78 is 4.93. The second-order valence-electron chi connectivity index (χ2n) is 4.92. The number of rotatable bonds is 4. The van der Waals surface area contributed by atoms with Gasteiger partial charge in [0, 0.05) is 17.3 Å². The summed E-state index contributed by atoms with van der Waals surface area (Å²) in [7, 11) is 1.36. The number of nitrogens with one attached hydrogen (secondary N) is 1. The van der Waals surface area contributed by atoms with Gasteiger partial charge in [0.15, 0.2) is 5.75 Å². The number of nitro groups is 1. The summed E-state index contributed by atoms with van der Waals surface area (Å²) >= 11 is 0. The maximum absolute atomic E-state index is 12.3. The molecular weight excluding hydrogens is 284 g/mol. The normalized spacial score (nSPS) is 10.1. The van der Waals surface area contributed by atoms with E-state index < -0.39 is 4.92 Å². The second-order valence-corrected chi connectivity index (χ2v) is 4.92. The zero-order valence-corrected chi connectivity index (χ0v) is 12.5. The molecule has 2 aromatic rings. The maximum Gasteiger partial charge on any atom is 0.312 e. The van der Waals surface area contributed by atoms with Crippen molar-refractivity contribution in [3.8, 4) is 5.75 Å². The third-order valence-electron chi connectivity index (χ3n) is 3.26. The summed E-state index contributed by atoms with van der Waals surface area (Å²) in [6.07, 6.45) is 0. The van der Waals surface area contributed by atoms with Crippen LogP contribution in [-0.2, 0) is 0 Å². The van der Waals surface area contributed by atoms with Crippen LogP contribution < -0.4 is 10.1 Å². The molecule has 0 aliphatic carbocycles. The minimum Gasteiger partial charge on any atom is -0.490 e. The Labute approximate surface area is 127 Å². The average Bonchev–Trinajstić information content (AvgIpc) is 2.46. The number of amides is 1. The van der Waals surface area contributed by atoms with Crippen molar-refractivity contribution in [1.29, 1.82) is 0 Å². The number of aryl methyl sites for hydroxylation is 2. The van der Waals surface area contributed by atoms with E-state index in [0.717, 1.165) is 11.1 Å². The monoisotopic (exact) mass is 300 g/mol. The first-order chi connectivity index (χ1) is 10.4. The Morgan fingerprint density at radius 2 is 1.91 bits per heavy atom. The molecule has 6 heteroatoms. The number of nitro benzene ring substituents is 1. The summed E-state index contributed by atoms with van der Waals surface area (Å²) in [4.78, 5) is 22.7. The van der Waals surface area contributed by atoms with Crippen molar-refractivity contribution >= 4 is 17.3 Å². The topological polar surface area (TPSA) is 81.5 Å². The number of anilines is 1. The van der Waals surface area contributed by atoms with Crippen LogP contribution in [0.3, 0.4) is 0 Å². The molecule has 0 heterocycles. The first-order valence-electron chi connectivity index (χ1n) is 6.63. The molecule has 0 saturated heterocycles. The highest BCUT2D eigenvalue weighted by Crippen LogP contribution is 2.29. The number of methoxy groups -OCH3 is 1. The number of carbonyl (C=O) groups excluding carboxylic acids is 1. The largest absolute Gasteiger partial charge is 0.490 e. The summed E-state index contributed by atoms with van der Waals surface area (Å²) in [5, 5.41) is 13.7. The van der Waals surface area contributed by atoms with Gasteiger partial charge in [-0.3, -0.25) is 14.9 Å². The number of hydrogen-bond acceptors (Lipinski definition) is 4. The van der Waals surface area contributed by atoms with Gasteiger partial charge >= 0.3 is 5.69 Å². The van der Waals surface area contributed by atoms with Gasteiger partial charge in [-0.15, -0.1) is 0 Å². The lowest BCUT2D eigenvalue weighted by Crippen LogP contribution is -2.13. The molecule has 0 bridgehead atoms. The Balaban J connectivity index is 2.28. The van der Waals surface area contributed by atoms with Crippen molar-refractivity contribution in [3.05, 3.63) is 63.2 Å². The molecule has 6 nitrogen and oxygen atoms in total. The van der Waals surface area contributed by atoms with Crippen molar-refractivity contribution in [3.63, 3.8) is 0 Å². The van der Waals surface area contributed by atoms with E-state index in [1.54, 1.807) is 12.1 Å². The number of ether oxygens (including phenoxy) is 1. The van der Waals surface area contributed by atoms with Gasteiger partial charge in [0.1, 0.15) is 0 Å². The molecule has 0 unspecified atom stereocenters. The van der Waals surface area contributed by atoms with Gasteiger partial charge in [0.2, 0.25) is 0 Å². The molecule has 0 atom stereocenters. The Hall–Kier alpha value is -2.89. The van der Waals surface area contributed by atoms with Gasteiger partial charge in [-0.1, -0.05) is 17.7 Å². The minimum atomic E-state index is -0.550. The van der Waals surface area contributed by atoms with Crippen LogP contribution >= 0.6 is 0 Å². The Morgan fingerprint density at radius 1 is 1.18 bits per heavy atom. The highest BCUT2D eigenvalue weighted by Gasteiger charge is 2.17. The third-order valence-corrected chi connectivity index (χ3v) is 3.26. The van der Waals surface area contributed by atoms with E-state index in [1.165, 1.54) is 19.2 Å². The van der Waals surface area contributed by atoms with Crippen molar-refractivity contribution in [2.24, 2.45) is 0 Å². The van der Waals surface area contributed by atoms with E-state index >= 15 is 0 Å². The van der Waals surface area contributed by atoms with Crippen LogP contribution in [0.1, 0.15) is 21.5 Å². The summed E-state index contributed by atoms with van der Waals surface area (Å²) in [5.74, 6) is -0.161. The molecule has 0 aromatic heterocycles. The molecule has 1 amide bonds. The number of benzene rings is 2. The predicted molar refractivity (Wildman–Crippen MR) is 83.5 cm³/mol.